The van der Waals surface area contributed by atoms with Gasteiger partial charge < -0.3 is 5.73 Å². The second kappa shape index (κ2) is 4.28. The van der Waals surface area contributed by atoms with Crippen molar-refractivity contribution in [3.05, 3.63) is 29.3 Å². The first kappa shape index (κ1) is 10.1. The maximum atomic E-state index is 11.5. The van der Waals surface area contributed by atoms with Crippen molar-refractivity contribution < 1.29 is 4.79 Å². The standard InChI is InChI=1S/C10H12ClNO/c1-7-8(10(13)5-6-11)3-2-4-9(7)12/h2-4H,5-6,12H2,1H3. The van der Waals surface area contributed by atoms with E-state index in [0.717, 1.165) is 5.56 Å². The third kappa shape index (κ3) is 2.22. The zero-order chi connectivity index (χ0) is 9.84. The molecule has 0 saturated heterocycles. The van der Waals surface area contributed by atoms with Crippen molar-refractivity contribution >= 4 is 23.1 Å². The van der Waals surface area contributed by atoms with Crippen molar-refractivity contribution in [3.63, 3.8) is 0 Å². The lowest BCUT2D eigenvalue weighted by atomic mass is 10.0. The molecule has 3 heteroatoms. The minimum Gasteiger partial charge on any atom is -0.398 e. The van der Waals surface area contributed by atoms with E-state index in [4.69, 9.17) is 17.3 Å². The molecule has 0 unspecified atom stereocenters. The van der Waals surface area contributed by atoms with E-state index in [1.165, 1.54) is 0 Å². The Labute approximate surface area is 82.7 Å². The quantitative estimate of drug-likeness (QED) is 0.459. The maximum Gasteiger partial charge on any atom is 0.164 e. The van der Waals surface area contributed by atoms with Gasteiger partial charge in [-0.25, -0.2) is 0 Å². The maximum absolute atomic E-state index is 11.5. The third-order valence-corrected chi connectivity index (χ3v) is 2.19. The molecule has 0 radical (unpaired) electrons. The van der Waals surface area contributed by atoms with Gasteiger partial charge in [-0.15, -0.1) is 11.6 Å². The molecule has 0 aliphatic heterocycles. The number of hydrogen-bond donors (Lipinski definition) is 1. The molecule has 0 heterocycles. The average molecular weight is 198 g/mol. The summed E-state index contributed by atoms with van der Waals surface area (Å²) in [6, 6.07) is 5.34. The molecule has 1 aromatic carbocycles. The van der Waals surface area contributed by atoms with Crippen LogP contribution in [0.5, 0.6) is 0 Å². The number of nitrogens with two attached hydrogens (primary N) is 1. The summed E-state index contributed by atoms with van der Waals surface area (Å²) in [4.78, 5) is 11.5. The molecule has 0 aromatic heterocycles. The lowest BCUT2D eigenvalue weighted by Crippen LogP contribution is -2.04. The van der Waals surface area contributed by atoms with Gasteiger partial charge in [0.1, 0.15) is 0 Å². The van der Waals surface area contributed by atoms with E-state index in [1.807, 2.05) is 6.92 Å². The minimum atomic E-state index is 0.0554. The summed E-state index contributed by atoms with van der Waals surface area (Å²) >= 11 is 5.49. The van der Waals surface area contributed by atoms with Crippen molar-refractivity contribution in [2.75, 3.05) is 11.6 Å². The number of carbonyl (C=O) groups is 1. The summed E-state index contributed by atoms with van der Waals surface area (Å²) in [5.74, 6) is 0.410. The van der Waals surface area contributed by atoms with E-state index in [9.17, 15) is 4.79 Å². The summed E-state index contributed by atoms with van der Waals surface area (Å²) in [6.45, 7) is 1.84. The Balaban J connectivity index is 3.01. The Morgan fingerprint density at radius 2 is 2.23 bits per heavy atom. The van der Waals surface area contributed by atoms with Crippen LogP contribution in [0.4, 0.5) is 5.69 Å². The number of nitrogen functional groups attached to an aromatic ring is 1. The van der Waals surface area contributed by atoms with Crippen LogP contribution < -0.4 is 5.73 Å². The first-order valence-corrected chi connectivity index (χ1v) is 4.64. The molecule has 0 saturated carbocycles. The lowest BCUT2D eigenvalue weighted by molar-refractivity contribution is 0.0988. The zero-order valence-corrected chi connectivity index (χ0v) is 8.27. The zero-order valence-electron chi connectivity index (χ0n) is 7.51. The molecule has 0 spiro atoms. The predicted molar refractivity (Wildman–Crippen MR) is 55.3 cm³/mol. The van der Waals surface area contributed by atoms with Crippen LogP contribution in [0.1, 0.15) is 22.3 Å². The minimum absolute atomic E-state index is 0.0554. The molecule has 0 bridgehead atoms. The second-order valence-corrected chi connectivity index (χ2v) is 3.26. The van der Waals surface area contributed by atoms with Crippen LogP contribution in [0, 0.1) is 6.92 Å². The highest BCUT2D eigenvalue weighted by Crippen LogP contribution is 2.17. The number of carbonyl (C=O) groups excluding carboxylic acids is 1. The third-order valence-electron chi connectivity index (χ3n) is 2.00. The molecule has 0 aliphatic carbocycles. The molecule has 13 heavy (non-hydrogen) atoms. The van der Waals surface area contributed by atoms with Crippen molar-refractivity contribution in [3.8, 4) is 0 Å². The van der Waals surface area contributed by atoms with Crippen LogP contribution in [-0.4, -0.2) is 11.7 Å². The van der Waals surface area contributed by atoms with E-state index in [0.29, 0.717) is 23.6 Å². The fourth-order valence-corrected chi connectivity index (χ4v) is 1.35. The lowest BCUT2D eigenvalue weighted by Gasteiger charge is -2.05. The number of halogens is 1. The van der Waals surface area contributed by atoms with Crippen LogP contribution >= 0.6 is 11.6 Å². The molecular weight excluding hydrogens is 186 g/mol. The molecule has 1 aromatic rings. The predicted octanol–water partition coefficient (Wildman–Crippen LogP) is 2.39. The summed E-state index contributed by atoms with van der Waals surface area (Å²) in [7, 11) is 0. The van der Waals surface area contributed by atoms with E-state index in [1.54, 1.807) is 18.2 Å². The van der Waals surface area contributed by atoms with Crippen LogP contribution in [0.2, 0.25) is 0 Å². The molecule has 0 aliphatic rings. The molecule has 1 rings (SSSR count). The van der Waals surface area contributed by atoms with Gasteiger partial charge in [0.2, 0.25) is 0 Å². The first-order valence-electron chi connectivity index (χ1n) is 4.11. The van der Waals surface area contributed by atoms with Crippen molar-refractivity contribution in [2.24, 2.45) is 0 Å². The van der Waals surface area contributed by atoms with Crippen molar-refractivity contribution in [1.82, 2.24) is 0 Å². The number of hydrogen-bond acceptors (Lipinski definition) is 2. The number of Topliss-reactive ketones (excluding diaryl/α,β-unsaturated/α-hetero) is 1. The van der Waals surface area contributed by atoms with Crippen LogP contribution in [-0.2, 0) is 0 Å². The van der Waals surface area contributed by atoms with Gasteiger partial charge in [-0.05, 0) is 18.6 Å². The van der Waals surface area contributed by atoms with Crippen LogP contribution in [0.15, 0.2) is 18.2 Å². The Kier molecular flexibility index (Phi) is 3.32. The highest BCUT2D eigenvalue weighted by Gasteiger charge is 2.08. The van der Waals surface area contributed by atoms with Crippen LogP contribution in [0.25, 0.3) is 0 Å². The van der Waals surface area contributed by atoms with Gasteiger partial charge in [0, 0.05) is 23.6 Å². The molecule has 70 valence electrons. The van der Waals surface area contributed by atoms with Gasteiger partial charge in [-0.1, -0.05) is 12.1 Å². The van der Waals surface area contributed by atoms with Gasteiger partial charge in [-0.2, -0.15) is 0 Å². The average Bonchev–Trinajstić information content (AvgIpc) is 2.10. The van der Waals surface area contributed by atoms with Gasteiger partial charge >= 0.3 is 0 Å². The largest absolute Gasteiger partial charge is 0.398 e. The van der Waals surface area contributed by atoms with Gasteiger partial charge in [0.15, 0.2) is 5.78 Å². The van der Waals surface area contributed by atoms with E-state index in [-0.39, 0.29) is 5.78 Å². The van der Waals surface area contributed by atoms with Crippen LogP contribution in [0.3, 0.4) is 0 Å². The summed E-state index contributed by atoms with van der Waals surface area (Å²) in [6.07, 6.45) is 0.367. The Bertz CT molecular complexity index is 323. The number of anilines is 1. The molecule has 2 N–H and O–H groups in total. The van der Waals surface area contributed by atoms with Gasteiger partial charge in [0.25, 0.3) is 0 Å². The molecular formula is C10H12ClNO. The first-order chi connectivity index (χ1) is 6.16. The summed E-state index contributed by atoms with van der Waals surface area (Å²) < 4.78 is 0. The fourth-order valence-electron chi connectivity index (χ4n) is 1.18. The van der Waals surface area contributed by atoms with E-state index < -0.39 is 0 Å². The number of rotatable bonds is 3. The van der Waals surface area contributed by atoms with E-state index in [2.05, 4.69) is 0 Å². The van der Waals surface area contributed by atoms with Crippen molar-refractivity contribution in [2.45, 2.75) is 13.3 Å². The fraction of sp³-hybridized carbons (Fsp3) is 0.300. The number of ketones is 1. The molecule has 0 atom stereocenters. The monoisotopic (exact) mass is 197 g/mol. The summed E-state index contributed by atoms with van der Waals surface area (Å²) in [5, 5.41) is 0. The molecule has 0 fully saturated rings. The topological polar surface area (TPSA) is 43.1 Å². The number of benzene rings is 1. The smallest absolute Gasteiger partial charge is 0.164 e. The van der Waals surface area contributed by atoms with Crippen molar-refractivity contribution in [1.29, 1.82) is 0 Å². The molecule has 2 nitrogen and oxygen atoms in total. The highest BCUT2D eigenvalue weighted by atomic mass is 35.5. The number of alkyl halides is 1. The SMILES string of the molecule is Cc1c(N)cccc1C(=O)CCCl. The Hall–Kier alpha value is -1.02. The van der Waals surface area contributed by atoms with Gasteiger partial charge in [0.05, 0.1) is 0 Å². The van der Waals surface area contributed by atoms with E-state index >= 15 is 0 Å². The summed E-state index contributed by atoms with van der Waals surface area (Å²) in [5.41, 5.74) is 7.85. The molecule has 0 amide bonds. The second-order valence-electron chi connectivity index (χ2n) is 2.88. The normalized spacial score (nSPS) is 10.0. The Morgan fingerprint density at radius 3 is 2.85 bits per heavy atom. The Morgan fingerprint density at radius 1 is 1.54 bits per heavy atom. The van der Waals surface area contributed by atoms with Gasteiger partial charge in [-0.3, -0.25) is 4.79 Å². The highest BCUT2D eigenvalue weighted by molar-refractivity contribution is 6.19.